The molecule has 0 fully saturated rings. The predicted octanol–water partition coefficient (Wildman–Crippen LogP) is 2.95. The van der Waals surface area contributed by atoms with E-state index in [0.29, 0.717) is 33.8 Å². The first-order valence-corrected chi connectivity index (χ1v) is 7.55. The van der Waals surface area contributed by atoms with Crippen molar-refractivity contribution in [2.24, 2.45) is 0 Å². The molecule has 0 radical (unpaired) electrons. The van der Waals surface area contributed by atoms with Crippen LogP contribution in [-0.2, 0) is 11.3 Å². The molecule has 25 heavy (non-hydrogen) atoms. The molecule has 0 unspecified atom stereocenters. The SMILES string of the molecule is COc1cc(OC)c2cc(C(=O)OCc3cccnc3)[nH]c2c1OC. The molecule has 0 amide bonds. The summed E-state index contributed by atoms with van der Waals surface area (Å²) >= 11 is 0. The Labute approximate surface area is 144 Å². The van der Waals surface area contributed by atoms with Crippen LogP contribution >= 0.6 is 0 Å². The number of hydrogen-bond donors (Lipinski definition) is 1. The van der Waals surface area contributed by atoms with E-state index >= 15 is 0 Å². The number of carbonyl (C=O) groups is 1. The van der Waals surface area contributed by atoms with Gasteiger partial charge in [0.05, 0.1) is 26.8 Å². The number of aromatic amines is 1. The minimum atomic E-state index is -0.483. The lowest BCUT2D eigenvalue weighted by Gasteiger charge is -2.11. The molecule has 3 aromatic rings. The molecule has 3 rings (SSSR count). The predicted molar refractivity (Wildman–Crippen MR) is 91.3 cm³/mol. The van der Waals surface area contributed by atoms with Gasteiger partial charge in [-0.15, -0.1) is 0 Å². The van der Waals surface area contributed by atoms with Crippen molar-refractivity contribution in [1.82, 2.24) is 9.97 Å². The van der Waals surface area contributed by atoms with Crippen LogP contribution in [0.1, 0.15) is 16.1 Å². The van der Waals surface area contributed by atoms with Gasteiger partial charge in [-0.05, 0) is 12.1 Å². The van der Waals surface area contributed by atoms with Crippen LogP contribution in [0.15, 0.2) is 36.7 Å². The van der Waals surface area contributed by atoms with E-state index in [2.05, 4.69) is 9.97 Å². The third-order valence-electron chi connectivity index (χ3n) is 3.75. The summed E-state index contributed by atoms with van der Waals surface area (Å²) in [4.78, 5) is 19.4. The summed E-state index contributed by atoms with van der Waals surface area (Å²) in [6.45, 7) is 0.139. The average Bonchev–Trinajstić information content (AvgIpc) is 3.10. The maximum atomic E-state index is 12.4. The number of rotatable bonds is 6. The highest BCUT2D eigenvalue weighted by molar-refractivity contribution is 6.00. The summed E-state index contributed by atoms with van der Waals surface area (Å²) in [6.07, 6.45) is 3.31. The molecule has 0 aliphatic heterocycles. The largest absolute Gasteiger partial charge is 0.496 e. The van der Waals surface area contributed by atoms with Crippen LogP contribution in [-0.4, -0.2) is 37.3 Å². The number of nitrogens with zero attached hydrogens (tertiary/aromatic N) is 1. The minimum Gasteiger partial charge on any atom is -0.496 e. The van der Waals surface area contributed by atoms with E-state index in [1.165, 1.54) is 14.2 Å². The van der Waals surface area contributed by atoms with Crippen molar-refractivity contribution in [3.8, 4) is 17.2 Å². The van der Waals surface area contributed by atoms with Crippen LogP contribution in [0.3, 0.4) is 0 Å². The third-order valence-corrected chi connectivity index (χ3v) is 3.75. The van der Waals surface area contributed by atoms with Gasteiger partial charge >= 0.3 is 5.97 Å². The van der Waals surface area contributed by atoms with Gasteiger partial charge < -0.3 is 23.9 Å². The third kappa shape index (κ3) is 3.21. The van der Waals surface area contributed by atoms with Crippen LogP contribution < -0.4 is 14.2 Å². The Bertz CT molecular complexity index is 889. The smallest absolute Gasteiger partial charge is 0.355 e. The normalized spacial score (nSPS) is 10.5. The topological polar surface area (TPSA) is 82.7 Å². The molecular weight excluding hydrogens is 324 g/mol. The fourth-order valence-corrected chi connectivity index (χ4v) is 2.56. The first kappa shape index (κ1) is 16.6. The van der Waals surface area contributed by atoms with Crippen molar-refractivity contribution in [2.75, 3.05) is 21.3 Å². The number of esters is 1. The second-order valence-electron chi connectivity index (χ2n) is 5.22. The second-order valence-corrected chi connectivity index (χ2v) is 5.22. The standard InChI is InChI=1S/C18H18N2O5/c1-22-14-8-15(23-2)17(24-3)16-12(14)7-13(20-16)18(21)25-10-11-5-4-6-19-9-11/h4-9,20H,10H2,1-3H3. The Morgan fingerprint density at radius 3 is 2.56 bits per heavy atom. The molecule has 7 nitrogen and oxygen atoms in total. The Kier molecular flexibility index (Phi) is 4.74. The number of H-pyrrole nitrogens is 1. The van der Waals surface area contributed by atoms with Gasteiger partial charge in [0.25, 0.3) is 0 Å². The quantitative estimate of drug-likeness (QED) is 0.694. The zero-order valence-electron chi connectivity index (χ0n) is 14.2. The van der Waals surface area contributed by atoms with E-state index in [1.807, 2.05) is 6.07 Å². The number of hydrogen-bond acceptors (Lipinski definition) is 6. The van der Waals surface area contributed by atoms with Crippen LogP contribution in [0.4, 0.5) is 0 Å². The van der Waals surface area contributed by atoms with Gasteiger partial charge in [-0.1, -0.05) is 6.07 Å². The van der Waals surface area contributed by atoms with E-state index in [0.717, 1.165) is 5.56 Å². The van der Waals surface area contributed by atoms with Gasteiger partial charge in [0.2, 0.25) is 0 Å². The van der Waals surface area contributed by atoms with Crippen molar-refractivity contribution >= 4 is 16.9 Å². The van der Waals surface area contributed by atoms with Crippen LogP contribution in [0, 0.1) is 0 Å². The summed E-state index contributed by atoms with van der Waals surface area (Å²) in [5.41, 5.74) is 1.71. The number of methoxy groups -OCH3 is 3. The first-order chi connectivity index (χ1) is 12.2. The van der Waals surface area contributed by atoms with Gasteiger partial charge in [-0.2, -0.15) is 0 Å². The monoisotopic (exact) mass is 342 g/mol. The lowest BCUT2D eigenvalue weighted by molar-refractivity contribution is 0.0466. The van der Waals surface area contributed by atoms with Crippen LogP contribution in [0.5, 0.6) is 17.2 Å². The minimum absolute atomic E-state index is 0.139. The van der Waals surface area contributed by atoms with Gasteiger partial charge in [0.1, 0.15) is 18.1 Å². The summed E-state index contributed by atoms with van der Waals surface area (Å²) < 4.78 is 21.4. The summed E-state index contributed by atoms with van der Waals surface area (Å²) in [5, 5.41) is 0.702. The first-order valence-electron chi connectivity index (χ1n) is 7.55. The van der Waals surface area contributed by atoms with Crippen molar-refractivity contribution in [3.05, 3.63) is 47.9 Å². The molecule has 7 heteroatoms. The number of carbonyl (C=O) groups excluding carboxylic acids is 1. The highest BCUT2D eigenvalue weighted by Crippen LogP contribution is 2.41. The van der Waals surface area contributed by atoms with Crippen molar-refractivity contribution in [3.63, 3.8) is 0 Å². The van der Waals surface area contributed by atoms with Crippen molar-refractivity contribution in [2.45, 2.75) is 6.61 Å². The molecule has 0 spiro atoms. The Balaban J connectivity index is 1.93. The highest BCUT2D eigenvalue weighted by Gasteiger charge is 2.20. The van der Waals surface area contributed by atoms with E-state index < -0.39 is 5.97 Å². The molecule has 0 aliphatic carbocycles. The molecule has 0 bridgehead atoms. The molecule has 0 saturated heterocycles. The van der Waals surface area contributed by atoms with Crippen molar-refractivity contribution < 1.29 is 23.7 Å². The second kappa shape index (κ2) is 7.12. The fraction of sp³-hybridized carbons (Fsp3) is 0.222. The van der Waals surface area contributed by atoms with Gasteiger partial charge in [0, 0.05) is 29.4 Å². The number of ether oxygens (including phenoxy) is 4. The molecule has 1 N–H and O–H groups in total. The number of nitrogens with one attached hydrogen (secondary N) is 1. The van der Waals surface area contributed by atoms with E-state index in [1.54, 1.807) is 37.7 Å². The maximum Gasteiger partial charge on any atom is 0.355 e. The Morgan fingerprint density at radius 2 is 1.92 bits per heavy atom. The van der Waals surface area contributed by atoms with Gasteiger partial charge in [-0.3, -0.25) is 4.98 Å². The maximum absolute atomic E-state index is 12.4. The lowest BCUT2D eigenvalue weighted by Crippen LogP contribution is -2.05. The van der Waals surface area contributed by atoms with E-state index in [4.69, 9.17) is 18.9 Å². The lowest BCUT2D eigenvalue weighted by atomic mass is 10.2. The summed E-state index contributed by atoms with van der Waals surface area (Å²) in [5.74, 6) is 1.08. The summed E-state index contributed by atoms with van der Waals surface area (Å²) in [7, 11) is 4.62. The van der Waals surface area contributed by atoms with E-state index in [9.17, 15) is 4.79 Å². The Morgan fingerprint density at radius 1 is 1.12 bits per heavy atom. The van der Waals surface area contributed by atoms with Gasteiger partial charge in [0.15, 0.2) is 11.5 Å². The molecule has 0 aliphatic rings. The average molecular weight is 342 g/mol. The fourth-order valence-electron chi connectivity index (χ4n) is 2.56. The van der Waals surface area contributed by atoms with Crippen LogP contribution in [0.25, 0.3) is 10.9 Å². The molecule has 1 aromatic carbocycles. The number of pyridine rings is 1. The van der Waals surface area contributed by atoms with Gasteiger partial charge in [-0.25, -0.2) is 4.79 Å². The number of benzene rings is 1. The Hall–Kier alpha value is -3.22. The molecule has 130 valence electrons. The van der Waals surface area contributed by atoms with E-state index in [-0.39, 0.29) is 6.61 Å². The molecule has 2 heterocycles. The number of fused-ring (bicyclic) bond motifs is 1. The van der Waals surface area contributed by atoms with Crippen molar-refractivity contribution in [1.29, 1.82) is 0 Å². The molecule has 0 saturated carbocycles. The number of aromatic nitrogens is 2. The van der Waals surface area contributed by atoms with Crippen LogP contribution in [0.2, 0.25) is 0 Å². The zero-order chi connectivity index (χ0) is 17.8. The summed E-state index contributed by atoms with van der Waals surface area (Å²) in [6, 6.07) is 7.00. The zero-order valence-corrected chi connectivity index (χ0v) is 14.2. The highest BCUT2D eigenvalue weighted by atomic mass is 16.5. The molecular formula is C18H18N2O5. The molecule has 2 aromatic heterocycles. The molecule has 0 atom stereocenters.